The summed E-state index contributed by atoms with van der Waals surface area (Å²) in [6.45, 7) is 5.93. The predicted molar refractivity (Wildman–Crippen MR) is 84.0 cm³/mol. The van der Waals surface area contributed by atoms with E-state index < -0.39 is 6.61 Å². The van der Waals surface area contributed by atoms with Crippen LogP contribution < -0.4 is 5.32 Å². The summed E-state index contributed by atoms with van der Waals surface area (Å²) in [7, 11) is 0. The average Bonchev–Trinajstić information content (AvgIpc) is 2.48. The Kier molecular flexibility index (Phi) is 5.37. The van der Waals surface area contributed by atoms with Crippen molar-refractivity contribution in [3.63, 3.8) is 0 Å². The maximum absolute atomic E-state index is 11.7. The Morgan fingerprint density at radius 3 is 2.43 bits per heavy atom. The maximum Gasteiger partial charge on any atom is 0.246 e. The molecule has 0 saturated carbocycles. The van der Waals surface area contributed by atoms with Gasteiger partial charge in [0.2, 0.25) is 5.91 Å². The molecule has 1 fully saturated rings. The first-order valence-corrected chi connectivity index (χ1v) is 7.74. The number of aliphatic hydroxyl groups is 1. The normalized spacial score (nSPS) is 18.7. The second-order valence-electron chi connectivity index (χ2n) is 6.28. The molecule has 4 heteroatoms. The summed E-state index contributed by atoms with van der Waals surface area (Å²) in [6.07, 6.45) is 2.67. The molecule has 116 valence electrons. The molecular formula is C17H26N2O2. The molecule has 2 N–H and O–H groups in total. The minimum absolute atomic E-state index is 0.230. The van der Waals surface area contributed by atoms with Gasteiger partial charge in [-0.3, -0.25) is 4.79 Å². The van der Waals surface area contributed by atoms with Gasteiger partial charge >= 0.3 is 0 Å². The molecule has 1 aromatic rings. The van der Waals surface area contributed by atoms with Gasteiger partial charge in [0.25, 0.3) is 0 Å². The van der Waals surface area contributed by atoms with Gasteiger partial charge in [-0.15, -0.1) is 0 Å². The first kappa shape index (κ1) is 16.0. The number of carbonyl (C=O) groups is 1. The highest BCUT2D eigenvalue weighted by molar-refractivity contribution is 5.77. The topological polar surface area (TPSA) is 52.6 Å². The quantitative estimate of drug-likeness (QED) is 0.866. The highest BCUT2D eigenvalue weighted by Gasteiger charge is 2.36. The average molecular weight is 290 g/mol. The van der Waals surface area contributed by atoms with Crippen LogP contribution in [0, 0.1) is 0 Å². The van der Waals surface area contributed by atoms with Crippen LogP contribution in [-0.2, 0) is 11.2 Å². The van der Waals surface area contributed by atoms with Crippen LogP contribution in [0.1, 0.15) is 32.3 Å². The fraction of sp³-hybridized carbons (Fsp3) is 0.588. The van der Waals surface area contributed by atoms with Gasteiger partial charge in [-0.05, 0) is 38.7 Å². The molecule has 0 aliphatic carbocycles. The molecule has 1 aliphatic heterocycles. The van der Waals surface area contributed by atoms with Gasteiger partial charge in [0.05, 0.1) is 0 Å². The zero-order valence-corrected chi connectivity index (χ0v) is 13.0. The number of nitrogens with zero attached hydrogens (tertiary/aromatic N) is 1. The molecule has 1 saturated heterocycles. The van der Waals surface area contributed by atoms with Crippen LogP contribution >= 0.6 is 0 Å². The number of carbonyl (C=O) groups excluding carboxylic acids is 1. The molecule has 4 nitrogen and oxygen atoms in total. The molecule has 0 radical (unpaired) electrons. The number of benzene rings is 1. The monoisotopic (exact) mass is 290 g/mol. The van der Waals surface area contributed by atoms with Crippen molar-refractivity contribution in [2.45, 2.75) is 44.7 Å². The lowest BCUT2D eigenvalue weighted by Crippen LogP contribution is -2.58. The van der Waals surface area contributed by atoms with Crippen molar-refractivity contribution in [1.29, 1.82) is 0 Å². The summed E-state index contributed by atoms with van der Waals surface area (Å²) in [5.74, 6) is -0.274. The van der Waals surface area contributed by atoms with Crippen molar-refractivity contribution in [2.75, 3.05) is 19.7 Å². The number of hydrogen-bond donors (Lipinski definition) is 2. The van der Waals surface area contributed by atoms with E-state index in [1.807, 2.05) is 18.2 Å². The maximum atomic E-state index is 11.7. The van der Waals surface area contributed by atoms with Crippen LogP contribution in [-0.4, -0.2) is 47.2 Å². The summed E-state index contributed by atoms with van der Waals surface area (Å²) < 4.78 is 0. The number of aliphatic hydroxyl groups excluding tert-OH is 1. The Hall–Kier alpha value is -1.39. The van der Waals surface area contributed by atoms with E-state index in [2.05, 4.69) is 36.2 Å². The van der Waals surface area contributed by atoms with Gasteiger partial charge < -0.3 is 15.3 Å². The summed E-state index contributed by atoms with van der Waals surface area (Å²) in [4.78, 5) is 14.2. The Labute approximate surface area is 127 Å². The smallest absolute Gasteiger partial charge is 0.246 e. The second kappa shape index (κ2) is 7.05. The SMILES string of the molecule is CC(C)N1CCC(Cc2ccccc2)(NC(=O)CO)CC1. The number of amides is 1. The summed E-state index contributed by atoms with van der Waals surface area (Å²) in [5.41, 5.74) is 1.00. The highest BCUT2D eigenvalue weighted by Crippen LogP contribution is 2.27. The first-order chi connectivity index (χ1) is 10.0. The third-order valence-corrected chi connectivity index (χ3v) is 4.42. The zero-order valence-electron chi connectivity index (χ0n) is 13.0. The lowest BCUT2D eigenvalue weighted by molar-refractivity contribution is -0.126. The molecule has 1 aromatic carbocycles. The molecule has 0 unspecified atom stereocenters. The second-order valence-corrected chi connectivity index (χ2v) is 6.28. The van der Waals surface area contributed by atoms with Gasteiger partial charge in [-0.25, -0.2) is 0 Å². The number of rotatable bonds is 5. The molecular weight excluding hydrogens is 264 g/mol. The van der Waals surface area contributed by atoms with Crippen molar-refractivity contribution in [3.05, 3.63) is 35.9 Å². The van der Waals surface area contributed by atoms with Crippen molar-refractivity contribution in [2.24, 2.45) is 0 Å². The molecule has 0 spiro atoms. The van der Waals surface area contributed by atoms with Crippen LogP contribution in [0.25, 0.3) is 0 Å². The number of piperidine rings is 1. The van der Waals surface area contributed by atoms with E-state index in [0.29, 0.717) is 6.04 Å². The van der Waals surface area contributed by atoms with E-state index in [1.54, 1.807) is 0 Å². The first-order valence-electron chi connectivity index (χ1n) is 7.74. The fourth-order valence-corrected chi connectivity index (χ4v) is 3.14. The zero-order chi connectivity index (χ0) is 15.3. The number of likely N-dealkylation sites (tertiary alicyclic amines) is 1. The Morgan fingerprint density at radius 2 is 1.90 bits per heavy atom. The molecule has 1 amide bonds. The van der Waals surface area contributed by atoms with E-state index >= 15 is 0 Å². The fourth-order valence-electron chi connectivity index (χ4n) is 3.14. The number of hydrogen-bond acceptors (Lipinski definition) is 3. The minimum Gasteiger partial charge on any atom is -0.387 e. The van der Waals surface area contributed by atoms with Gasteiger partial charge in [-0.2, -0.15) is 0 Å². The van der Waals surface area contributed by atoms with E-state index in [1.165, 1.54) is 5.56 Å². The van der Waals surface area contributed by atoms with E-state index in [4.69, 9.17) is 5.11 Å². The van der Waals surface area contributed by atoms with E-state index in [9.17, 15) is 4.79 Å². The molecule has 1 heterocycles. The molecule has 0 bridgehead atoms. The van der Waals surface area contributed by atoms with Crippen molar-refractivity contribution < 1.29 is 9.90 Å². The molecule has 1 aliphatic rings. The van der Waals surface area contributed by atoms with Gasteiger partial charge in [0.15, 0.2) is 0 Å². The van der Waals surface area contributed by atoms with Crippen LogP contribution in [0.4, 0.5) is 0 Å². The van der Waals surface area contributed by atoms with Crippen LogP contribution in [0.2, 0.25) is 0 Å². The van der Waals surface area contributed by atoms with Gasteiger partial charge in [-0.1, -0.05) is 30.3 Å². The lowest BCUT2D eigenvalue weighted by Gasteiger charge is -2.44. The van der Waals surface area contributed by atoms with Crippen LogP contribution in [0.5, 0.6) is 0 Å². The summed E-state index contributed by atoms with van der Waals surface area (Å²) in [6, 6.07) is 10.8. The van der Waals surface area contributed by atoms with Gasteiger partial charge in [0.1, 0.15) is 6.61 Å². The van der Waals surface area contributed by atoms with Gasteiger partial charge in [0, 0.05) is 24.7 Å². The largest absolute Gasteiger partial charge is 0.387 e. The van der Waals surface area contributed by atoms with Crippen LogP contribution in [0.15, 0.2) is 30.3 Å². The Bertz CT molecular complexity index is 451. The van der Waals surface area contributed by atoms with E-state index in [0.717, 1.165) is 32.4 Å². The molecule has 21 heavy (non-hydrogen) atoms. The molecule has 0 aromatic heterocycles. The standard InChI is InChI=1S/C17H26N2O2/c1-14(2)19-10-8-17(9-11-19,18-16(21)13-20)12-15-6-4-3-5-7-15/h3-7,14,20H,8-13H2,1-2H3,(H,18,21). The third-order valence-electron chi connectivity index (χ3n) is 4.42. The minimum atomic E-state index is -0.440. The highest BCUT2D eigenvalue weighted by atomic mass is 16.3. The Morgan fingerprint density at radius 1 is 1.29 bits per heavy atom. The predicted octanol–water partition coefficient (Wildman–Crippen LogP) is 1.58. The van der Waals surface area contributed by atoms with E-state index in [-0.39, 0.29) is 11.4 Å². The molecule has 0 atom stereocenters. The van der Waals surface area contributed by atoms with Crippen molar-refractivity contribution >= 4 is 5.91 Å². The molecule has 2 rings (SSSR count). The van der Waals surface area contributed by atoms with Crippen LogP contribution in [0.3, 0.4) is 0 Å². The van der Waals surface area contributed by atoms with Crippen molar-refractivity contribution in [3.8, 4) is 0 Å². The third kappa shape index (κ3) is 4.29. The lowest BCUT2D eigenvalue weighted by atomic mass is 9.81. The number of nitrogens with one attached hydrogen (secondary N) is 1. The van der Waals surface area contributed by atoms with Crippen molar-refractivity contribution in [1.82, 2.24) is 10.2 Å². The Balaban J connectivity index is 2.10. The summed E-state index contributed by atoms with van der Waals surface area (Å²) >= 11 is 0. The summed E-state index contributed by atoms with van der Waals surface area (Å²) in [5, 5.41) is 12.1.